The number of carbonyl (C=O) groups excluding carboxylic acids is 1. The van der Waals surface area contributed by atoms with Crippen LogP contribution >= 0.6 is 11.6 Å². The van der Waals surface area contributed by atoms with E-state index in [0.29, 0.717) is 17.9 Å². The number of ether oxygens (including phenoxy) is 1. The zero-order valence-corrected chi connectivity index (χ0v) is 14.7. The molecule has 0 radical (unpaired) electrons. The molecular formula is C14H22ClNO3Si. The van der Waals surface area contributed by atoms with E-state index in [0.717, 1.165) is 0 Å². The van der Waals surface area contributed by atoms with Crippen LogP contribution in [0.5, 0.6) is 0 Å². The second-order valence-electron chi connectivity index (χ2n) is 6.20. The summed E-state index contributed by atoms with van der Waals surface area (Å²) in [5.41, 5.74) is 0.998. The van der Waals surface area contributed by atoms with Gasteiger partial charge in [0.05, 0.1) is 30.0 Å². The number of hydrogen-bond acceptors (Lipinski definition) is 4. The number of nitrogens with zero attached hydrogens (tertiary/aromatic N) is 1. The molecule has 1 aromatic rings. The van der Waals surface area contributed by atoms with Gasteiger partial charge >= 0.3 is 5.97 Å². The maximum atomic E-state index is 11.6. The predicted octanol–water partition coefficient (Wildman–Crippen LogP) is 4.04. The molecule has 0 fully saturated rings. The van der Waals surface area contributed by atoms with Crippen LogP contribution in [0.25, 0.3) is 0 Å². The maximum absolute atomic E-state index is 11.6. The summed E-state index contributed by atoms with van der Waals surface area (Å²) in [6.45, 7) is 11.2. The Morgan fingerprint density at radius 2 is 2.00 bits per heavy atom. The number of hydrogen-bond donors (Lipinski definition) is 0. The van der Waals surface area contributed by atoms with Gasteiger partial charge in [-0.05, 0) is 24.2 Å². The van der Waals surface area contributed by atoms with Gasteiger partial charge in [0.15, 0.2) is 8.32 Å². The lowest BCUT2D eigenvalue weighted by molar-refractivity contribution is 0.0600. The van der Waals surface area contributed by atoms with Gasteiger partial charge in [-0.25, -0.2) is 4.79 Å². The van der Waals surface area contributed by atoms with E-state index in [1.807, 2.05) is 0 Å². The summed E-state index contributed by atoms with van der Waals surface area (Å²) in [6, 6.07) is 1.63. The van der Waals surface area contributed by atoms with E-state index in [-0.39, 0.29) is 10.1 Å². The minimum atomic E-state index is -1.84. The van der Waals surface area contributed by atoms with Gasteiger partial charge in [0.1, 0.15) is 0 Å². The average Bonchev–Trinajstić information content (AvgIpc) is 2.35. The summed E-state index contributed by atoms with van der Waals surface area (Å²) in [4.78, 5) is 15.8. The molecule has 0 aliphatic heterocycles. The van der Waals surface area contributed by atoms with Crippen molar-refractivity contribution in [2.75, 3.05) is 7.11 Å². The molecule has 1 rings (SSSR count). The summed E-state index contributed by atoms with van der Waals surface area (Å²) < 4.78 is 10.8. The number of rotatable bonds is 4. The topological polar surface area (TPSA) is 48.4 Å². The number of esters is 1. The lowest BCUT2D eigenvalue weighted by atomic mass is 10.2. The molecule has 0 unspecified atom stereocenters. The van der Waals surface area contributed by atoms with Crippen LogP contribution in [0.2, 0.25) is 23.2 Å². The molecule has 1 heterocycles. The Morgan fingerprint density at radius 3 is 2.50 bits per heavy atom. The number of pyridine rings is 1. The highest BCUT2D eigenvalue weighted by molar-refractivity contribution is 6.74. The Balaban J connectivity index is 2.87. The Morgan fingerprint density at radius 1 is 1.40 bits per heavy atom. The minimum absolute atomic E-state index is 0.130. The van der Waals surface area contributed by atoms with E-state index in [1.54, 1.807) is 6.07 Å². The molecule has 6 heteroatoms. The van der Waals surface area contributed by atoms with Gasteiger partial charge in [0.25, 0.3) is 0 Å². The van der Waals surface area contributed by atoms with Crippen molar-refractivity contribution < 1.29 is 14.0 Å². The van der Waals surface area contributed by atoms with Crippen molar-refractivity contribution in [2.45, 2.75) is 45.5 Å². The highest BCUT2D eigenvalue weighted by Gasteiger charge is 2.37. The van der Waals surface area contributed by atoms with Crippen LogP contribution in [-0.4, -0.2) is 26.4 Å². The summed E-state index contributed by atoms with van der Waals surface area (Å²) >= 11 is 5.94. The lowest BCUT2D eigenvalue weighted by Gasteiger charge is -2.36. The van der Waals surface area contributed by atoms with Crippen molar-refractivity contribution in [2.24, 2.45) is 0 Å². The fourth-order valence-electron chi connectivity index (χ4n) is 1.30. The van der Waals surface area contributed by atoms with E-state index >= 15 is 0 Å². The van der Waals surface area contributed by atoms with Crippen LogP contribution in [0.15, 0.2) is 12.3 Å². The van der Waals surface area contributed by atoms with Gasteiger partial charge in [-0.15, -0.1) is 0 Å². The number of carbonyl (C=O) groups is 1. The Kier molecular flexibility index (Phi) is 5.35. The molecule has 112 valence electrons. The largest absolute Gasteiger partial charge is 0.465 e. The van der Waals surface area contributed by atoms with E-state index in [1.165, 1.54) is 13.3 Å². The summed E-state index contributed by atoms with van der Waals surface area (Å²) in [5, 5.41) is 0.415. The number of aromatic nitrogens is 1. The highest BCUT2D eigenvalue weighted by atomic mass is 35.5. The van der Waals surface area contributed by atoms with Crippen LogP contribution in [0.3, 0.4) is 0 Å². The van der Waals surface area contributed by atoms with E-state index in [2.05, 4.69) is 43.6 Å². The molecule has 4 nitrogen and oxygen atoms in total. The van der Waals surface area contributed by atoms with E-state index in [9.17, 15) is 4.79 Å². The third kappa shape index (κ3) is 4.04. The van der Waals surface area contributed by atoms with Gasteiger partial charge < -0.3 is 9.16 Å². The molecule has 0 saturated carbocycles. The monoisotopic (exact) mass is 315 g/mol. The zero-order valence-electron chi connectivity index (χ0n) is 12.9. The molecule has 20 heavy (non-hydrogen) atoms. The molecule has 0 aliphatic carbocycles. The third-order valence-electron chi connectivity index (χ3n) is 3.70. The van der Waals surface area contributed by atoms with Gasteiger partial charge in [0, 0.05) is 6.20 Å². The molecule has 0 aromatic carbocycles. The standard InChI is InChI=1S/C14H22ClNO3Si/c1-14(2,3)20(5,6)19-9-10-7-11(13(17)18-4)12(15)8-16-10/h7-8H,9H2,1-6H3. The molecule has 1 aromatic heterocycles. The fourth-order valence-corrected chi connectivity index (χ4v) is 2.42. The molecule has 0 aliphatic rings. The van der Waals surface area contributed by atoms with Gasteiger partial charge in [-0.2, -0.15) is 0 Å². The van der Waals surface area contributed by atoms with E-state index < -0.39 is 14.3 Å². The summed E-state index contributed by atoms with van der Waals surface area (Å²) in [5.74, 6) is -0.467. The molecule has 0 bridgehead atoms. The van der Waals surface area contributed by atoms with Crippen molar-refractivity contribution in [1.29, 1.82) is 0 Å². The van der Waals surface area contributed by atoms with Gasteiger partial charge in [-0.1, -0.05) is 32.4 Å². The molecule has 0 atom stereocenters. The van der Waals surface area contributed by atoms with Gasteiger partial charge in [-0.3, -0.25) is 4.98 Å². The SMILES string of the molecule is COC(=O)c1cc(CO[Si](C)(C)C(C)(C)C)ncc1Cl. The van der Waals surface area contributed by atoms with Crippen molar-refractivity contribution >= 4 is 25.9 Å². The third-order valence-corrected chi connectivity index (χ3v) is 8.48. The molecular weight excluding hydrogens is 294 g/mol. The molecule has 0 spiro atoms. The van der Waals surface area contributed by atoms with Crippen molar-refractivity contribution in [3.8, 4) is 0 Å². The zero-order chi connectivity index (χ0) is 15.6. The second-order valence-corrected chi connectivity index (χ2v) is 11.4. The quantitative estimate of drug-likeness (QED) is 0.621. The first-order chi connectivity index (χ1) is 9.08. The summed E-state index contributed by atoms with van der Waals surface area (Å²) in [6.07, 6.45) is 1.46. The first-order valence-corrected chi connectivity index (χ1v) is 9.74. The first-order valence-electron chi connectivity index (χ1n) is 6.45. The van der Waals surface area contributed by atoms with Gasteiger partial charge in [0.2, 0.25) is 0 Å². The van der Waals surface area contributed by atoms with Crippen molar-refractivity contribution in [3.05, 3.63) is 28.5 Å². The minimum Gasteiger partial charge on any atom is -0.465 e. The van der Waals surface area contributed by atoms with Crippen molar-refractivity contribution in [3.63, 3.8) is 0 Å². The highest BCUT2D eigenvalue weighted by Crippen LogP contribution is 2.37. The molecule has 0 N–H and O–H groups in total. The van der Waals surface area contributed by atoms with E-state index in [4.69, 9.17) is 16.0 Å². The molecule has 0 saturated heterocycles. The fraction of sp³-hybridized carbons (Fsp3) is 0.571. The number of halogens is 1. The maximum Gasteiger partial charge on any atom is 0.339 e. The lowest BCUT2D eigenvalue weighted by Crippen LogP contribution is -2.40. The predicted molar refractivity (Wildman–Crippen MR) is 82.6 cm³/mol. The van der Waals surface area contributed by atoms with Crippen LogP contribution in [-0.2, 0) is 15.8 Å². The summed E-state index contributed by atoms with van der Waals surface area (Å²) in [7, 11) is -0.519. The Labute approximate surface area is 126 Å². The van der Waals surface area contributed by atoms with Crippen LogP contribution in [0, 0.1) is 0 Å². The second kappa shape index (κ2) is 6.24. The first kappa shape index (κ1) is 17.1. The normalized spacial score (nSPS) is 12.3. The van der Waals surface area contributed by atoms with Crippen LogP contribution < -0.4 is 0 Å². The average molecular weight is 316 g/mol. The Bertz CT molecular complexity index is 498. The van der Waals surface area contributed by atoms with Crippen LogP contribution in [0.4, 0.5) is 0 Å². The smallest absolute Gasteiger partial charge is 0.339 e. The van der Waals surface area contributed by atoms with Crippen molar-refractivity contribution in [1.82, 2.24) is 4.98 Å². The number of methoxy groups -OCH3 is 1. The molecule has 0 amide bonds. The Hall–Kier alpha value is -0.913. The van der Waals surface area contributed by atoms with Crippen LogP contribution in [0.1, 0.15) is 36.8 Å².